The molecule has 4 aromatic rings. The van der Waals surface area contributed by atoms with Gasteiger partial charge in [0.05, 0.1) is 25.8 Å². The fraction of sp³-hybridized carbons (Fsp3) is 0.543. The Hall–Kier alpha value is -4.60. The normalized spacial score (nSPS) is 21.1. The second-order valence-corrected chi connectivity index (χ2v) is 13.8. The highest BCUT2D eigenvalue weighted by Crippen LogP contribution is 2.48. The van der Waals surface area contributed by atoms with Crippen molar-refractivity contribution in [3.63, 3.8) is 0 Å². The number of piperidine rings is 2. The van der Waals surface area contributed by atoms with Gasteiger partial charge in [0.25, 0.3) is 0 Å². The van der Waals surface area contributed by atoms with E-state index in [2.05, 4.69) is 34.4 Å². The SMILES string of the molecule is C#Cc1c(F)ccc2cc(O)cc(-c3nc(OC)c4c(N5CCCC(OC)(C(=C)F)C5)nc(OCC56CCCC5N(C)CCC6)nc4c3F)c12.CC.CC.CC.CC. The molecule has 1 saturated carbocycles. The molecule has 3 unspecified atom stereocenters. The van der Waals surface area contributed by atoms with E-state index < -0.39 is 23.1 Å². The molecule has 0 amide bonds. The number of hydrogen-bond acceptors (Lipinski definition) is 9. The third-order valence-electron chi connectivity index (χ3n) is 11.1. The van der Waals surface area contributed by atoms with E-state index in [-0.39, 0.29) is 68.5 Å². The standard InChI is InChI=1S/C38H40F3N5O4.4C2H6/c1-6-25-27(40)12-11-23-18-24(47)19-26(29(23)25)32-31(41)33-30(35(42-32)48-4)34(46-17-9-15-38(20-46,49-5)22(2)39)44-36(43-33)50-21-37-13-7-10-28(37)45(3)16-8-14-37;4*1-2/h1,11-12,18-19,28,47H,2,7-10,13-17,20-21H2,3-5H3;4*1-2H3. The van der Waals surface area contributed by atoms with E-state index in [0.29, 0.717) is 37.4 Å². The largest absolute Gasteiger partial charge is 0.508 e. The Morgan fingerprint density at radius 2 is 1.62 bits per heavy atom. The number of aromatic nitrogens is 3. The number of rotatable bonds is 8. The van der Waals surface area contributed by atoms with Crippen LogP contribution in [0, 0.1) is 29.4 Å². The summed E-state index contributed by atoms with van der Waals surface area (Å²) in [5, 5.41) is 11.4. The third kappa shape index (κ3) is 9.16. The molecule has 0 radical (unpaired) electrons. The molecule has 1 N–H and O–H groups in total. The Bertz CT molecular complexity index is 2060. The molecule has 3 atom stereocenters. The van der Waals surface area contributed by atoms with Crippen LogP contribution < -0.4 is 14.4 Å². The van der Waals surface area contributed by atoms with Crippen molar-refractivity contribution in [3.8, 4) is 41.2 Å². The van der Waals surface area contributed by atoms with Crippen molar-refractivity contribution in [3.05, 3.63) is 53.9 Å². The number of fused-ring (bicyclic) bond motifs is 3. The van der Waals surface area contributed by atoms with Crippen LogP contribution in [0.25, 0.3) is 32.9 Å². The van der Waals surface area contributed by atoms with E-state index in [0.717, 1.165) is 38.6 Å². The van der Waals surface area contributed by atoms with Crippen LogP contribution in [0.1, 0.15) is 106 Å². The maximum absolute atomic E-state index is 17.2. The van der Waals surface area contributed by atoms with Gasteiger partial charge in [0.1, 0.15) is 45.4 Å². The van der Waals surface area contributed by atoms with Crippen molar-refractivity contribution >= 4 is 27.5 Å². The van der Waals surface area contributed by atoms with E-state index in [1.54, 1.807) is 4.90 Å². The number of phenols is 1. The highest BCUT2D eigenvalue weighted by molar-refractivity contribution is 6.04. The van der Waals surface area contributed by atoms with Gasteiger partial charge in [0, 0.05) is 36.1 Å². The van der Waals surface area contributed by atoms with E-state index in [1.165, 1.54) is 38.5 Å². The van der Waals surface area contributed by atoms with Crippen molar-refractivity contribution in [2.75, 3.05) is 52.4 Å². The van der Waals surface area contributed by atoms with Crippen LogP contribution in [0.3, 0.4) is 0 Å². The first kappa shape index (κ1) is 47.8. The van der Waals surface area contributed by atoms with Crippen molar-refractivity contribution in [2.45, 2.75) is 112 Å². The lowest BCUT2D eigenvalue weighted by atomic mass is 9.76. The Labute approximate surface area is 344 Å². The summed E-state index contributed by atoms with van der Waals surface area (Å²) in [6, 6.07) is 5.64. The fourth-order valence-corrected chi connectivity index (χ4v) is 8.56. The highest BCUT2D eigenvalue weighted by Gasteiger charge is 2.48. The summed E-state index contributed by atoms with van der Waals surface area (Å²) in [5.41, 5.74) is -1.90. The molecule has 4 heterocycles. The minimum absolute atomic E-state index is 0.0374. The molecular weight excluding hydrogens is 744 g/mol. The number of methoxy groups -OCH3 is 2. The topological polar surface area (TPSA) is 93.1 Å². The fourth-order valence-electron chi connectivity index (χ4n) is 8.56. The Kier molecular flexibility index (Phi) is 17.6. The van der Waals surface area contributed by atoms with E-state index >= 15 is 4.39 Å². The maximum atomic E-state index is 17.2. The molecule has 0 bridgehead atoms. The zero-order valence-electron chi connectivity index (χ0n) is 36.5. The highest BCUT2D eigenvalue weighted by atomic mass is 19.1. The zero-order valence-corrected chi connectivity index (χ0v) is 36.5. The summed E-state index contributed by atoms with van der Waals surface area (Å²) in [4.78, 5) is 18.2. The molecule has 9 nitrogen and oxygen atoms in total. The van der Waals surface area contributed by atoms with Crippen LogP contribution in [0.2, 0.25) is 0 Å². The lowest BCUT2D eigenvalue weighted by molar-refractivity contribution is -0.00616. The quantitative estimate of drug-likeness (QED) is 0.175. The molecular formula is C46H64F3N5O4. The first-order valence-electron chi connectivity index (χ1n) is 20.9. The number of terminal acetylenes is 1. The van der Waals surface area contributed by atoms with Crippen LogP contribution in [0.15, 0.2) is 36.7 Å². The first-order chi connectivity index (χ1) is 28.0. The number of pyridine rings is 1. The van der Waals surface area contributed by atoms with Crippen LogP contribution in [-0.4, -0.2) is 84.1 Å². The van der Waals surface area contributed by atoms with E-state index in [1.807, 2.05) is 55.4 Å². The minimum Gasteiger partial charge on any atom is -0.508 e. The minimum atomic E-state index is -1.31. The Morgan fingerprint density at radius 3 is 2.26 bits per heavy atom. The number of ether oxygens (including phenoxy) is 3. The average molecular weight is 808 g/mol. The summed E-state index contributed by atoms with van der Waals surface area (Å²) in [6.07, 6.45) is 11.8. The lowest BCUT2D eigenvalue weighted by Gasteiger charge is -2.44. The number of halogens is 3. The van der Waals surface area contributed by atoms with Crippen LogP contribution in [-0.2, 0) is 4.74 Å². The average Bonchev–Trinajstić information content (AvgIpc) is 3.71. The van der Waals surface area contributed by atoms with Gasteiger partial charge in [-0.25, -0.2) is 18.2 Å². The number of aromatic hydroxyl groups is 1. The summed E-state index contributed by atoms with van der Waals surface area (Å²) >= 11 is 0. The number of phenolic OH excluding ortho intramolecular Hbond substituents is 1. The van der Waals surface area contributed by atoms with Crippen molar-refractivity contribution < 1.29 is 32.5 Å². The lowest BCUT2D eigenvalue weighted by Crippen LogP contribution is -2.50. The van der Waals surface area contributed by atoms with Crippen molar-refractivity contribution in [1.29, 1.82) is 0 Å². The molecule has 3 fully saturated rings. The Morgan fingerprint density at radius 1 is 0.948 bits per heavy atom. The van der Waals surface area contributed by atoms with Gasteiger partial charge in [-0.2, -0.15) is 9.97 Å². The number of hydrogen-bond donors (Lipinski definition) is 1. The summed E-state index contributed by atoms with van der Waals surface area (Å²) < 4.78 is 65.0. The second kappa shape index (κ2) is 21.4. The molecule has 2 aliphatic heterocycles. The number of nitrogens with zero attached hydrogens (tertiary/aromatic N) is 5. The monoisotopic (exact) mass is 807 g/mol. The van der Waals surface area contributed by atoms with Gasteiger partial charge < -0.3 is 29.1 Å². The second-order valence-electron chi connectivity index (χ2n) is 13.8. The number of benzene rings is 2. The van der Waals surface area contributed by atoms with Gasteiger partial charge in [-0.3, -0.25) is 0 Å². The van der Waals surface area contributed by atoms with Gasteiger partial charge in [0.2, 0.25) is 5.88 Å². The molecule has 3 aliphatic rings. The van der Waals surface area contributed by atoms with Crippen LogP contribution in [0.4, 0.5) is 19.0 Å². The molecule has 1 aliphatic carbocycles. The van der Waals surface area contributed by atoms with Crippen LogP contribution >= 0.6 is 0 Å². The summed E-state index contributed by atoms with van der Waals surface area (Å²) in [6.45, 7) is 21.4. The van der Waals surface area contributed by atoms with E-state index in [4.69, 9.17) is 25.6 Å². The first-order valence-corrected chi connectivity index (χ1v) is 20.9. The molecule has 0 spiro atoms. The molecule has 7 rings (SSSR count). The van der Waals surface area contributed by atoms with Gasteiger partial charge in [-0.1, -0.05) is 80.4 Å². The zero-order chi connectivity index (χ0) is 43.4. The molecule has 318 valence electrons. The van der Waals surface area contributed by atoms with Gasteiger partial charge in [0.15, 0.2) is 5.82 Å². The third-order valence-corrected chi connectivity index (χ3v) is 11.1. The Balaban J connectivity index is 0.00000106. The molecule has 2 aromatic carbocycles. The smallest absolute Gasteiger partial charge is 0.319 e. The summed E-state index contributed by atoms with van der Waals surface area (Å²) in [5.74, 6) is 0.169. The van der Waals surface area contributed by atoms with Gasteiger partial charge in [-0.15, -0.1) is 6.42 Å². The van der Waals surface area contributed by atoms with E-state index in [9.17, 15) is 13.9 Å². The van der Waals surface area contributed by atoms with Gasteiger partial charge in [-0.05, 0) is 75.7 Å². The van der Waals surface area contributed by atoms with Gasteiger partial charge >= 0.3 is 6.01 Å². The number of anilines is 1. The number of likely N-dealkylation sites (tertiary alicyclic amines) is 1. The van der Waals surface area contributed by atoms with Crippen molar-refractivity contribution in [1.82, 2.24) is 19.9 Å². The molecule has 2 aromatic heterocycles. The predicted molar refractivity (Wildman–Crippen MR) is 231 cm³/mol. The summed E-state index contributed by atoms with van der Waals surface area (Å²) in [7, 11) is 4.95. The van der Waals surface area contributed by atoms with Crippen molar-refractivity contribution in [2.24, 2.45) is 5.41 Å². The van der Waals surface area contributed by atoms with Crippen LogP contribution in [0.5, 0.6) is 17.6 Å². The molecule has 2 saturated heterocycles. The predicted octanol–water partition coefficient (Wildman–Crippen LogP) is 11.0. The molecule has 58 heavy (non-hydrogen) atoms. The molecule has 12 heteroatoms. The maximum Gasteiger partial charge on any atom is 0.319 e.